The van der Waals surface area contributed by atoms with E-state index in [1.165, 1.54) is 14.2 Å². The molecule has 0 amide bonds. The summed E-state index contributed by atoms with van der Waals surface area (Å²) in [5.41, 5.74) is 1.24. The molecule has 0 radical (unpaired) electrons. The second-order valence-corrected chi connectivity index (χ2v) is 4.27. The van der Waals surface area contributed by atoms with Gasteiger partial charge in [0.2, 0.25) is 0 Å². The molecule has 1 N–H and O–H groups in total. The zero-order valence-corrected chi connectivity index (χ0v) is 11.3. The van der Waals surface area contributed by atoms with Crippen LogP contribution in [0.1, 0.15) is 11.1 Å². The van der Waals surface area contributed by atoms with Crippen LogP contribution in [0.4, 0.5) is 13.2 Å². The number of halogens is 3. The third kappa shape index (κ3) is 5.51. The van der Waals surface area contributed by atoms with Crippen molar-refractivity contribution in [3.8, 4) is 17.6 Å². The van der Waals surface area contributed by atoms with Crippen LogP contribution in [0.2, 0.25) is 0 Å². The molecule has 0 fully saturated rings. The molecule has 0 atom stereocenters. The second-order valence-electron chi connectivity index (χ2n) is 4.27. The lowest BCUT2D eigenvalue weighted by Gasteiger charge is -2.20. The van der Waals surface area contributed by atoms with Crippen LogP contribution in [0.3, 0.4) is 0 Å². The van der Waals surface area contributed by atoms with Gasteiger partial charge in [0, 0.05) is 17.7 Å². The highest BCUT2D eigenvalue weighted by Gasteiger charge is 2.29. The van der Waals surface area contributed by atoms with Gasteiger partial charge in [0.25, 0.3) is 0 Å². The van der Waals surface area contributed by atoms with Crippen LogP contribution in [0.15, 0.2) is 18.2 Å². The van der Waals surface area contributed by atoms with Crippen molar-refractivity contribution < 1.29 is 23.0 Å². The summed E-state index contributed by atoms with van der Waals surface area (Å²) < 4.78 is 42.1. The first kappa shape index (κ1) is 16.3. The van der Waals surface area contributed by atoms with Crippen LogP contribution in [-0.2, 0) is 6.54 Å². The van der Waals surface area contributed by atoms with E-state index in [2.05, 4.69) is 11.8 Å². The largest absolute Gasteiger partial charge is 0.496 e. The summed E-state index contributed by atoms with van der Waals surface area (Å²) in [7, 11) is 2.85. The normalized spacial score (nSPS) is 11.2. The van der Waals surface area contributed by atoms with Gasteiger partial charge in [-0.1, -0.05) is 11.8 Å². The van der Waals surface area contributed by atoms with E-state index in [-0.39, 0.29) is 13.2 Å². The van der Waals surface area contributed by atoms with E-state index in [1.807, 2.05) is 0 Å². The number of methoxy groups -OCH3 is 1. The van der Waals surface area contributed by atoms with Crippen LogP contribution in [0.25, 0.3) is 0 Å². The summed E-state index contributed by atoms with van der Waals surface area (Å²) >= 11 is 0. The number of hydrogen-bond acceptors (Lipinski definition) is 3. The molecule has 0 aliphatic carbocycles. The lowest BCUT2D eigenvalue weighted by Crippen LogP contribution is -2.30. The zero-order chi connectivity index (χ0) is 15.2. The molecule has 0 spiro atoms. The summed E-state index contributed by atoms with van der Waals surface area (Å²) in [6, 6.07) is 5.00. The number of aliphatic hydroxyl groups excluding tert-OH is 1. The van der Waals surface area contributed by atoms with E-state index >= 15 is 0 Å². The first-order valence-electron chi connectivity index (χ1n) is 5.87. The zero-order valence-electron chi connectivity index (χ0n) is 11.3. The number of nitrogens with zero attached hydrogens (tertiary/aromatic N) is 1. The summed E-state index contributed by atoms with van der Waals surface area (Å²) in [5, 5.41) is 8.64. The molecule has 0 saturated carbocycles. The highest BCUT2D eigenvalue weighted by atomic mass is 19.4. The number of hydrogen-bond donors (Lipinski definition) is 1. The fourth-order valence-corrected chi connectivity index (χ4v) is 1.77. The predicted molar refractivity (Wildman–Crippen MR) is 69.3 cm³/mol. The first-order chi connectivity index (χ1) is 9.35. The van der Waals surface area contributed by atoms with Crippen molar-refractivity contribution in [1.82, 2.24) is 4.90 Å². The molecule has 0 unspecified atom stereocenters. The molecule has 3 nitrogen and oxygen atoms in total. The van der Waals surface area contributed by atoms with Crippen LogP contribution in [0.5, 0.6) is 5.75 Å². The Kier molecular flexibility index (Phi) is 5.86. The second kappa shape index (κ2) is 7.17. The van der Waals surface area contributed by atoms with Crippen molar-refractivity contribution in [3.63, 3.8) is 0 Å². The predicted octanol–water partition coefficient (Wildman–Crippen LogP) is 2.03. The molecule has 1 aromatic carbocycles. The Morgan fingerprint density at radius 2 is 2.05 bits per heavy atom. The Bertz CT molecular complexity index is 503. The number of aliphatic hydroxyl groups is 1. The van der Waals surface area contributed by atoms with Crippen LogP contribution < -0.4 is 4.74 Å². The minimum absolute atomic E-state index is 0.0946. The number of rotatable bonds is 4. The summed E-state index contributed by atoms with van der Waals surface area (Å²) in [6.45, 7) is -1.17. The Hall–Kier alpha value is -1.71. The van der Waals surface area contributed by atoms with Crippen molar-refractivity contribution in [2.75, 3.05) is 27.3 Å². The molecule has 1 rings (SSSR count). The minimum atomic E-state index is -4.24. The van der Waals surface area contributed by atoms with Gasteiger partial charge in [0.15, 0.2) is 0 Å². The molecule has 1 aromatic rings. The van der Waals surface area contributed by atoms with Crippen molar-refractivity contribution >= 4 is 0 Å². The molecule has 0 bridgehead atoms. The monoisotopic (exact) mass is 287 g/mol. The smallest absolute Gasteiger partial charge is 0.401 e. The maximum absolute atomic E-state index is 12.3. The average molecular weight is 287 g/mol. The minimum Gasteiger partial charge on any atom is -0.496 e. The molecule has 20 heavy (non-hydrogen) atoms. The van der Waals surface area contributed by atoms with Gasteiger partial charge in [-0.25, -0.2) is 0 Å². The summed E-state index contributed by atoms with van der Waals surface area (Å²) in [4.78, 5) is 1.15. The van der Waals surface area contributed by atoms with Gasteiger partial charge < -0.3 is 9.84 Å². The van der Waals surface area contributed by atoms with Crippen molar-refractivity contribution in [2.45, 2.75) is 12.7 Å². The van der Waals surface area contributed by atoms with Crippen LogP contribution >= 0.6 is 0 Å². The quantitative estimate of drug-likeness (QED) is 0.860. The molecule has 0 aliphatic rings. The fraction of sp³-hybridized carbons (Fsp3) is 0.429. The highest BCUT2D eigenvalue weighted by Crippen LogP contribution is 2.23. The Balaban J connectivity index is 2.91. The number of alkyl halides is 3. The van der Waals surface area contributed by atoms with Gasteiger partial charge in [-0.15, -0.1) is 0 Å². The highest BCUT2D eigenvalue weighted by molar-refractivity contribution is 5.44. The SMILES string of the molecule is COc1ccc(C#CCO)cc1CN(C)CC(F)(F)F. The fourth-order valence-electron chi connectivity index (χ4n) is 1.77. The van der Waals surface area contributed by atoms with E-state index in [0.29, 0.717) is 16.9 Å². The average Bonchev–Trinajstić information content (AvgIpc) is 2.34. The molecule has 0 aliphatic heterocycles. The molecule has 0 heterocycles. The molecular formula is C14H16F3NO2. The van der Waals surface area contributed by atoms with E-state index in [0.717, 1.165) is 4.90 Å². The Morgan fingerprint density at radius 1 is 1.35 bits per heavy atom. The molecule has 0 saturated heterocycles. The van der Waals surface area contributed by atoms with Crippen molar-refractivity contribution in [2.24, 2.45) is 0 Å². The van der Waals surface area contributed by atoms with Gasteiger partial charge >= 0.3 is 6.18 Å². The van der Waals surface area contributed by atoms with Crippen LogP contribution in [0, 0.1) is 11.8 Å². The Morgan fingerprint density at radius 3 is 2.60 bits per heavy atom. The maximum Gasteiger partial charge on any atom is 0.401 e. The topological polar surface area (TPSA) is 32.7 Å². The maximum atomic E-state index is 12.3. The van der Waals surface area contributed by atoms with Gasteiger partial charge in [-0.05, 0) is 25.2 Å². The summed E-state index contributed by atoms with van der Waals surface area (Å²) in [5.74, 6) is 5.71. The molecule has 110 valence electrons. The first-order valence-corrected chi connectivity index (χ1v) is 5.87. The number of benzene rings is 1. The van der Waals surface area contributed by atoms with E-state index in [1.54, 1.807) is 18.2 Å². The van der Waals surface area contributed by atoms with E-state index in [4.69, 9.17) is 9.84 Å². The lowest BCUT2D eigenvalue weighted by molar-refractivity contribution is -0.144. The summed E-state index contributed by atoms with van der Waals surface area (Å²) in [6.07, 6.45) is -4.24. The van der Waals surface area contributed by atoms with Gasteiger partial charge in [0.05, 0.1) is 13.7 Å². The molecule has 6 heteroatoms. The van der Waals surface area contributed by atoms with Gasteiger partial charge in [-0.3, -0.25) is 4.90 Å². The van der Waals surface area contributed by atoms with Crippen molar-refractivity contribution in [3.05, 3.63) is 29.3 Å². The standard InChI is InChI=1S/C14H16F3NO2/c1-18(10-14(15,16)17)9-12-8-11(4-3-7-19)5-6-13(12)20-2/h5-6,8,19H,7,9-10H2,1-2H3. The van der Waals surface area contributed by atoms with E-state index in [9.17, 15) is 13.2 Å². The van der Waals surface area contributed by atoms with Crippen molar-refractivity contribution in [1.29, 1.82) is 0 Å². The number of ether oxygens (including phenoxy) is 1. The van der Waals surface area contributed by atoms with Gasteiger partial charge in [0.1, 0.15) is 12.4 Å². The van der Waals surface area contributed by atoms with E-state index < -0.39 is 12.7 Å². The lowest BCUT2D eigenvalue weighted by atomic mass is 10.1. The third-order valence-corrected chi connectivity index (χ3v) is 2.48. The van der Waals surface area contributed by atoms with Gasteiger partial charge in [-0.2, -0.15) is 13.2 Å². The third-order valence-electron chi connectivity index (χ3n) is 2.48. The molecular weight excluding hydrogens is 271 g/mol. The molecule has 0 aromatic heterocycles. The Labute approximate surface area is 116 Å². The van der Waals surface area contributed by atoms with Crippen LogP contribution in [-0.4, -0.2) is 43.5 Å².